The van der Waals surface area contributed by atoms with Gasteiger partial charge in [-0.25, -0.2) is 9.97 Å². The van der Waals surface area contributed by atoms with E-state index in [2.05, 4.69) is 23.8 Å². The number of hydrogen-bond donors (Lipinski definition) is 1. The van der Waals surface area contributed by atoms with Crippen LogP contribution in [0.1, 0.15) is 24.3 Å². The summed E-state index contributed by atoms with van der Waals surface area (Å²) in [6.07, 6.45) is 4.40. The van der Waals surface area contributed by atoms with Crippen LogP contribution < -0.4 is 0 Å². The van der Waals surface area contributed by atoms with Crippen LogP contribution in [0.25, 0.3) is 5.78 Å². The van der Waals surface area contributed by atoms with E-state index in [1.165, 1.54) is 4.90 Å². The van der Waals surface area contributed by atoms with Gasteiger partial charge in [-0.1, -0.05) is 13.8 Å². The molecule has 1 aliphatic carbocycles. The lowest BCUT2D eigenvalue weighted by Crippen LogP contribution is -2.40. The number of hydrogen-bond acceptors (Lipinski definition) is 4. The topological polar surface area (TPSA) is 70.7 Å². The van der Waals surface area contributed by atoms with Crippen LogP contribution in [-0.2, 0) is 0 Å². The molecule has 6 nitrogen and oxygen atoms in total. The van der Waals surface area contributed by atoms with Gasteiger partial charge in [-0.15, -0.1) is 0 Å². The van der Waals surface area contributed by atoms with Crippen LogP contribution in [0.2, 0.25) is 0 Å². The highest BCUT2D eigenvalue weighted by Crippen LogP contribution is 2.64. The van der Waals surface area contributed by atoms with Gasteiger partial charge in [-0.3, -0.25) is 9.20 Å². The van der Waals surface area contributed by atoms with E-state index in [1.54, 1.807) is 29.1 Å². The molecule has 0 unspecified atom stereocenters. The lowest BCUT2D eigenvalue weighted by molar-refractivity contribution is 0.00346. The molecule has 0 bridgehead atoms. The minimum absolute atomic E-state index is 0.149. The van der Waals surface area contributed by atoms with Crippen LogP contribution in [0.15, 0.2) is 24.7 Å². The number of nitrogens with zero attached hydrogens (tertiary/aromatic N) is 4. The first-order valence-electron chi connectivity index (χ1n) is 6.79. The molecule has 4 rings (SSSR count). The fourth-order valence-electron chi connectivity index (χ4n) is 3.52. The van der Waals surface area contributed by atoms with Gasteiger partial charge in [0.2, 0.25) is 5.78 Å². The molecule has 2 aliphatic rings. The molecule has 2 aromatic heterocycles. The smallest absolute Gasteiger partial charge is 0.276 e. The minimum Gasteiger partial charge on any atom is -0.373 e. The predicted octanol–water partition coefficient (Wildman–Crippen LogP) is 0.776. The average Bonchev–Trinajstić information content (AvgIpc) is 2.80. The zero-order chi connectivity index (χ0) is 14.1. The number of carbonyl (C=O) groups excluding carboxylic acids is 1. The van der Waals surface area contributed by atoms with Gasteiger partial charge < -0.3 is 10.0 Å². The fraction of sp³-hybridized carbons (Fsp3) is 0.500. The van der Waals surface area contributed by atoms with Crippen LogP contribution in [-0.4, -0.2) is 43.1 Å². The third-order valence-corrected chi connectivity index (χ3v) is 4.89. The molecule has 3 atom stereocenters. The second-order valence-corrected chi connectivity index (χ2v) is 6.28. The minimum atomic E-state index is -0.694. The molecule has 6 heteroatoms. The van der Waals surface area contributed by atoms with Gasteiger partial charge in [-0.2, -0.15) is 0 Å². The van der Waals surface area contributed by atoms with Crippen LogP contribution in [0.3, 0.4) is 0 Å². The molecule has 2 fully saturated rings. The summed E-state index contributed by atoms with van der Waals surface area (Å²) in [7, 11) is 0. The highest BCUT2D eigenvalue weighted by molar-refractivity contribution is 5.93. The number of rotatable bonds is 1. The summed E-state index contributed by atoms with van der Waals surface area (Å²) in [6.45, 7) is 4.89. The molecule has 20 heavy (non-hydrogen) atoms. The number of amides is 1. The number of carbonyl (C=O) groups is 1. The molecule has 0 aromatic carbocycles. The van der Waals surface area contributed by atoms with E-state index in [9.17, 15) is 9.90 Å². The number of fused-ring (bicyclic) bond motifs is 2. The first-order valence-corrected chi connectivity index (χ1v) is 6.79. The Labute approximate surface area is 116 Å². The zero-order valence-corrected chi connectivity index (χ0v) is 11.4. The largest absolute Gasteiger partial charge is 0.373 e. The van der Waals surface area contributed by atoms with Gasteiger partial charge in [0.05, 0.1) is 0 Å². The van der Waals surface area contributed by atoms with Crippen molar-refractivity contribution in [2.45, 2.75) is 20.1 Å². The molecular weight excluding hydrogens is 256 g/mol. The van der Waals surface area contributed by atoms with Crippen molar-refractivity contribution in [1.82, 2.24) is 19.3 Å². The van der Waals surface area contributed by atoms with Gasteiger partial charge in [0, 0.05) is 31.1 Å². The van der Waals surface area contributed by atoms with E-state index in [0.29, 0.717) is 23.9 Å². The Balaban J connectivity index is 1.62. The van der Waals surface area contributed by atoms with Crippen molar-refractivity contribution >= 4 is 11.7 Å². The number of aliphatic hydroxyl groups excluding tert-OH is 1. The molecule has 0 radical (unpaired) electrons. The van der Waals surface area contributed by atoms with Crippen LogP contribution >= 0.6 is 0 Å². The number of likely N-dealkylation sites (tertiary alicyclic amines) is 1. The third-order valence-electron chi connectivity index (χ3n) is 4.89. The lowest BCUT2D eigenvalue weighted by atomic mass is 10.1. The lowest BCUT2D eigenvalue weighted by Gasteiger charge is -2.26. The second kappa shape index (κ2) is 3.58. The summed E-state index contributed by atoms with van der Waals surface area (Å²) >= 11 is 0. The second-order valence-electron chi connectivity index (χ2n) is 6.28. The van der Waals surface area contributed by atoms with Crippen molar-refractivity contribution in [3.05, 3.63) is 30.4 Å². The number of imidazole rings is 1. The maximum Gasteiger partial charge on any atom is 0.276 e. The van der Waals surface area contributed by atoms with Gasteiger partial charge in [-0.05, 0) is 17.4 Å². The van der Waals surface area contributed by atoms with Crippen molar-refractivity contribution in [2.75, 3.05) is 6.54 Å². The molecular formula is C14H16N4O2. The molecule has 3 heterocycles. The Morgan fingerprint density at radius 3 is 2.95 bits per heavy atom. The first-order chi connectivity index (χ1) is 9.50. The number of piperidine rings is 1. The summed E-state index contributed by atoms with van der Waals surface area (Å²) in [4.78, 5) is 22.3. The van der Waals surface area contributed by atoms with Crippen LogP contribution in [0, 0.1) is 17.3 Å². The molecule has 1 saturated heterocycles. The standard InChI is InChI=1S/C14H16N4O2/c1-14(2)8-6-18(12(20)10(8)14)11(19)9-7-17-5-3-4-15-13(17)16-9/h3-5,7-8,10,12,20H,6H2,1-2H3/t8-,10-,12+/m0/s1. The Bertz CT molecular complexity index is 675. The van der Waals surface area contributed by atoms with Crippen molar-refractivity contribution in [3.63, 3.8) is 0 Å². The molecule has 1 saturated carbocycles. The van der Waals surface area contributed by atoms with E-state index in [1.807, 2.05) is 0 Å². The van der Waals surface area contributed by atoms with Gasteiger partial charge >= 0.3 is 0 Å². The Morgan fingerprint density at radius 1 is 1.50 bits per heavy atom. The summed E-state index contributed by atoms with van der Waals surface area (Å²) < 4.78 is 1.71. The summed E-state index contributed by atoms with van der Waals surface area (Å²) in [5.74, 6) is 0.874. The van der Waals surface area contributed by atoms with Gasteiger partial charge in [0.15, 0.2) is 0 Å². The summed E-state index contributed by atoms with van der Waals surface area (Å²) in [5, 5.41) is 10.3. The fourth-order valence-corrected chi connectivity index (χ4v) is 3.52. The summed E-state index contributed by atoms with van der Waals surface area (Å²) in [6, 6.07) is 1.78. The summed E-state index contributed by atoms with van der Waals surface area (Å²) in [5.41, 5.74) is 0.485. The Morgan fingerprint density at radius 2 is 2.30 bits per heavy atom. The predicted molar refractivity (Wildman–Crippen MR) is 70.8 cm³/mol. The first kappa shape index (κ1) is 11.8. The van der Waals surface area contributed by atoms with E-state index in [-0.39, 0.29) is 17.2 Å². The SMILES string of the molecule is CC1(C)[C@@H]2[C@@H](O)N(C(=O)c3cn4cccnc4n3)C[C@@H]21. The molecule has 1 amide bonds. The van der Waals surface area contributed by atoms with E-state index in [0.717, 1.165) is 0 Å². The molecule has 0 spiro atoms. The van der Waals surface area contributed by atoms with Crippen LogP contribution in [0.4, 0.5) is 0 Å². The Hall–Kier alpha value is -1.95. The van der Waals surface area contributed by atoms with E-state index >= 15 is 0 Å². The van der Waals surface area contributed by atoms with Crippen molar-refractivity contribution in [3.8, 4) is 0 Å². The molecule has 1 N–H and O–H groups in total. The van der Waals surface area contributed by atoms with Gasteiger partial charge in [0.25, 0.3) is 5.91 Å². The highest BCUT2D eigenvalue weighted by Gasteiger charge is 2.67. The Kier molecular flexibility index (Phi) is 2.12. The van der Waals surface area contributed by atoms with E-state index in [4.69, 9.17) is 0 Å². The van der Waals surface area contributed by atoms with Crippen LogP contribution in [0.5, 0.6) is 0 Å². The van der Waals surface area contributed by atoms with Gasteiger partial charge in [0.1, 0.15) is 11.9 Å². The van der Waals surface area contributed by atoms with Crippen molar-refractivity contribution in [2.24, 2.45) is 17.3 Å². The van der Waals surface area contributed by atoms with Crippen molar-refractivity contribution < 1.29 is 9.90 Å². The average molecular weight is 272 g/mol. The number of aliphatic hydroxyl groups is 1. The highest BCUT2D eigenvalue weighted by atomic mass is 16.3. The maximum absolute atomic E-state index is 12.5. The third kappa shape index (κ3) is 1.39. The normalized spacial score (nSPS) is 30.6. The number of aromatic nitrogens is 3. The quantitative estimate of drug-likeness (QED) is 0.832. The van der Waals surface area contributed by atoms with E-state index < -0.39 is 6.23 Å². The van der Waals surface area contributed by atoms with Crippen molar-refractivity contribution in [1.29, 1.82) is 0 Å². The molecule has 104 valence electrons. The molecule has 2 aromatic rings. The zero-order valence-electron chi connectivity index (χ0n) is 11.4. The maximum atomic E-state index is 12.5. The monoisotopic (exact) mass is 272 g/mol. The molecule has 1 aliphatic heterocycles.